The molecule has 200 valence electrons. The summed E-state index contributed by atoms with van der Waals surface area (Å²) in [6.07, 6.45) is 5.52. The molecule has 3 N–H and O–H groups in total. The summed E-state index contributed by atoms with van der Waals surface area (Å²) in [5.74, 6) is -1.45. The fourth-order valence-corrected chi connectivity index (χ4v) is 5.48. The van der Waals surface area contributed by atoms with E-state index in [9.17, 15) is 19.5 Å². The predicted octanol–water partition coefficient (Wildman–Crippen LogP) is 4.13. The summed E-state index contributed by atoms with van der Waals surface area (Å²) in [5, 5.41) is 15.7. The van der Waals surface area contributed by atoms with E-state index >= 15 is 0 Å². The van der Waals surface area contributed by atoms with E-state index in [1.165, 1.54) is 6.92 Å². The standard InChI is InChI=1S/C29H45N3O4/c1-19(2)22(18-20(3)27(35)36)32(8)26(34)24(28(4,5)6)31-25(33)23(30-7)29(16-12-13-17-29)21-14-10-9-11-15-21/h9-11,14-15,18-19,22-24,30H,12-13,16-17H2,1-8H3,(H,31,33)(H,35,36)/t22-,23-,24-/m1/s1. The summed E-state index contributed by atoms with van der Waals surface area (Å²) in [7, 11) is 3.49. The molecule has 7 nitrogen and oxygen atoms in total. The molecule has 1 fully saturated rings. The smallest absolute Gasteiger partial charge is 0.331 e. The zero-order chi connectivity index (χ0) is 27.3. The molecule has 36 heavy (non-hydrogen) atoms. The second-order valence-corrected chi connectivity index (χ2v) is 11.6. The SMILES string of the molecule is CN[C@H](C(=O)N[C@H](C(=O)N(C)[C@H](C=C(C)C(=O)O)C(C)C)C(C)(C)C)C1(c2ccccc2)CCCC1. The van der Waals surface area contributed by atoms with Gasteiger partial charge in [-0.2, -0.15) is 0 Å². The highest BCUT2D eigenvalue weighted by Gasteiger charge is 2.47. The number of aliphatic carboxylic acids is 1. The summed E-state index contributed by atoms with van der Waals surface area (Å²) < 4.78 is 0. The summed E-state index contributed by atoms with van der Waals surface area (Å²) in [5.41, 5.74) is 0.439. The molecule has 2 amide bonds. The Morgan fingerprint density at radius 3 is 2.08 bits per heavy atom. The van der Waals surface area contributed by atoms with E-state index in [0.29, 0.717) is 0 Å². The van der Waals surface area contributed by atoms with Gasteiger partial charge in [0.1, 0.15) is 6.04 Å². The van der Waals surface area contributed by atoms with Crippen LogP contribution in [0.15, 0.2) is 42.0 Å². The first kappa shape index (κ1) is 29.6. The average Bonchev–Trinajstić information content (AvgIpc) is 3.30. The van der Waals surface area contributed by atoms with E-state index in [1.54, 1.807) is 18.0 Å². The zero-order valence-electron chi connectivity index (χ0n) is 23.2. The Kier molecular flexibility index (Phi) is 9.89. The van der Waals surface area contributed by atoms with Gasteiger partial charge in [0.2, 0.25) is 11.8 Å². The van der Waals surface area contributed by atoms with Gasteiger partial charge in [-0.15, -0.1) is 0 Å². The van der Waals surface area contributed by atoms with Crippen molar-refractivity contribution in [3.8, 4) is 0 Å². The van der Waals surface area contributed by atoms with Crippen molar-refractivity contribution in [2.75, 3.05) is 14.1 Å². The van der Waals surface area contributed by atoms with Crippen LogP contribution in [0, 0.1) is 11.3 Å². The second-order valence-electron chi connectivity index (χ2n) is 11.6. The molecular weight excluding hydrogens is 454 g/mol. The molecule has 1 aromatic carbocycles. The minimum absolute atomic E-state index is 0.00512. The molecule has 7 heteroatoms. The molecule has 1 aliphatic carbocycles. The largest absolute Gasteiger partial charge is 0.478 e. The third kappa shape index (κ3) is 6.55. The number of nitrogens with zero attached hydrogens (tertiary/aromatic N) is 1. The van der Waals surface area contributed by atoms with Crippen LogP contribution in [0.4, 0.5) is 0 Å². The molecule has 2 rings (SSSR count). The van der Waals surface area contributed by atoms with Gasteiger partial charge in [0.25, 0.3) is 0 Å². The second kappa shape index (κ2) is 12.0. The highest BCUT2D eigenvalue weighted by Crippen LogP contribution is 2.44. The lowest BCUT2D eigenvalue weighted by Crippen LogP contribution is -2.62. The monoisotopic (exact) mass is 499 g/mol. The van der Waals surface area contributed by atoms with Crippen molar-refractivity contribution in [3.05, 3.63) is 47.5 Å². The van der Waals surface area contributed by atoms with Gasteiger partial charge in [0.15, 0.2) is 0 Å². The maximum Gasteiger partial charge on any atom is 0.331 e. The number of benzene rings is 1. The third-order valence-corrected chi connectivity index (χ3v) is 7.58. The normalized spacial score (nSPS) is 18.4. The maximum atomic E-state index is 13.9. The van der Waals surface area contributed by atoms with E-state index in [4.69, 9.17) is 0 Å². The van der Waals surface area contributed by atoms with Gasteiger partial charge in [-0.25, -0.2) is 4.79 Å². The molecule has 0 unspecified atom stereocenters. The molecule has 0 saturated heterocycles. The number of carboxylic acids is 1. The van der Waals surface area contributed by atoms with Gasteiger partial charge < -0.3 is 20.6 Å². The average molecular weight is 500 g/mol. The molecule has 1 saturated carbocycles. The number of rotatable bonds is 10. The lowest BCUT2D eigenvalue weighted by Gasteiger charge is -2.41. The van der Waals surface area contributed by atoms with E-state index in [-0.39, 0.29) is 28.7 Å². The zero-order valence-corrected chi connectivity index (χ0v) is 23.2. The third-order valence-electron chi connectivity index (χ3n) is 7.58. The fraction of sp³-hybridized carbons (Fsp3) is 0.621. The van der Waals surface area contributed by atoms with Crippen LogP contribution in [-0.4, -0.2) is 60.0 Å². The molecule has 1 aliphatic rings. The van der Waals surface area contributed by atoms with Crippen LogP contribution in [0.5, 0.6) is 0 Å². The van der Waals surface area contributed by atoms with E-state index < -0.39 is 29.5 Å². The highest BCUT2D eigenvalue weighted by atomic mass is 16.4. The molecule has 3 atom stereocenters. The minimum Gasteiger partial charge on any atom is -0.478 e. The topological polar surface area (TPSA) is 98.7 Å². The summed E-state index contributed by atoms with van der Waals surface area (Å²) >= 11 is 0. The van der Waals surface area contributed by atoms with Gasteiger partial charge in [-0.3, -0.25) is 9.59 Å². The Bertz CT molecular complexity index is 943. The molecule has 0 spiro atoms. The van der Waals surface area contributed by atoms with Crippen LogP contribution in [-0.2, 0) is 19.8 Å². The van der Waals surface area contributed by atoms with Crippen molar-refractivity contribution in [1.29, 1.82) is 0 Å². The van der Waals surface area contributed by atoms with E-state index in [2.05, 4.69) is 22.8 Å². The number of carbonyl (C=O) groups excluding carboxylic acids is 2. The number of carbonyl (C=O) groups is 3. The lowest BCUT2D eigenvalue weighted by atomic mass is 9.72. The van der Waals surface area contributed by atoms with Gasteiger partial charge in [-0.05, 0) is 43.7 Å². The molecule has 1 aromatic rings. The molecule has 0 bridgehead atoms. The Morgan fingerprint density at radius 2 is 1.64 bits per heavy atom. The Morgan fingerprint density at radius 1 is 1.08 bits per heavy atom. The Balaban J connectivity index is 2.39. The molecule has 0 aromatic heterocycles. The highest BCUT2D eigenvalue weighted by molar-refractivity contribution is 5.92. The van der Waals surface area contributed by atoms with Crippen LogP contribution < -0.4 is 10.6 Å². The van der Waals surface area contributed by atoms with Crippen molar-refractivity contribution < 1.29 is 19.5 Å². The number of amides is 2. The number of likely N-dealkylation sites (N-methyl/N-ethyl adjacent to an activating group) is 2. The Labute approximate surface area is 216 Å². The van der Waals surface area contributed by atoms with Crippen molar-refractivity contribution in [1.82, 2.24) is 15.5 Å². The van der Waals surface area contributed by atoms with Crippen LogP contribution in [0.3, 0.4) is 0 Å². The minimum atomic E-state index is -1.01. The summed E-state index contributed by atoms with van der Waals surface area (Å²) in [6.45, 7) is 11.2. The van der Waals surface area contributed by atoms with Crippen LogP contribution in [0.25, 0.3) is 0 Å². The number of nitrogens with one attached hydrogen (secondary N) is 2. The van der Waals surface area contributed by atoms with Gasteiger partial charge in [-0.1, -0.05) is 83.9 Å². The van der Waals surface area contributed by atoms with Gasteiger partial charge >= 0.3 is 5.97 Å². The number of carboxylic acid groups (broad SMARTS) is 1. The molecular formula is C29H45N3O4. The van der Waals surface area contributed by atoms with E-state index in [0.717, 1.165) is 31.2 Å². The van der Waals surface area contributed by atoms with Crippen LogP contribution in [0.2, 0.25) is 0 Å². The summed E-state index contributed by atoms with van der Waals surface area (Å²) in [6, 6.07) is 8.50. The van der Waals surface area contributed by atoms with Crippen molar-refractivity contribution >= 4 is 17.8 Å². The number of hydrogen-bond acceptors (Lipinski definition) is 4. The predicted molar refractivity (Wildman–Crippen MR) is 144 cm³/mol. The first-order valence-electron chi connectivity index (χ1n) is 13.0. The quantitative estimate of drug-likeness (QED) is 0.421. The number of hydrogen-bond donors (Lipinski definition) is 3. The van der Waals surface area contributed by atoms with Crippen molar-refractivity contribution in [3.63, 3.8) is 0 Å². The first-order chi connectivity index (χ1) is 16.8. The molecule has 0 heterocycles. The van der Waals surface area contributed by atoms with Crippen LogP contribution >= 0.6 is 0 Å². The summed E-state index contributed by atoms with van der Waals surface area (Å²) in [4.78, 5) is 40.7. The van der Waals surface area contributed by atoms with E-state index in [1.807, 2.05) is 59.9 Å². The Hall–Kier alpha value is -2.67. The molecule has 0 aliphatic heterocycles. The van der Waals surface area contributed by atoms with Crippen molar-refractivity contribution in [2.24, 2.45) is 11.3 Å². The molecule has 0 radical (unpaired) electrons. The maximum absolute atomic E-state index is 13.9. The van der Waals surface area contributed by atoms with Crippen LogP contribution in [0.1, 0.15) is 72.8 Å². The first-order valence-corrected chi connectivity index (χ1v) is 13.0. The lowest BCUT2D eigenvalue weighted by molar-refractivity contribution is -0.141. The van der Waals surface area contributed by atoms with Gasteiger partial charge in [0.05, 0.1) is 12.1 Å². The van der Waals surface area contributed by atoms with Crippen molar-refractivity contribution in [2.45, 2.75) is 90.8 Å². The van der Waals surface area contributed by atoms with Gasteiger partial charge in [0, 0.05) is 18.0 Å². The fourth-order valence-electron chi connectivity index (χ4n) is 5.48.